The van der Waals surface area contributed by atoms with Crippen molar-refractivity contribution >= 4 is 46.4 Å². The number of fused-ring (bicyclic) bond motifs is 1. The van der Waals surface area contributed by atoms with Crippen molar-refractivity contribution in [2.45, 2.75) is 32.6 Å². The summed E-state index contributed by atoms with van der Waals surface area (Å²) in [5, 5.41) is 5.68. The van der Waals surface area contributed by atoms with E-state index in [2.05, 4.69) is 10.6 Å². The number of halogens is 1. The molecule has 0 spiro atoms. The molecule has 3 amide bonds. The van der Waals surface area contributed by atoms with E-state index in [0.717, 1.165) is 42.5 Å². The van der Waals surface area contributed by atoms with Crippen LogP contribution in [0.4, 0.5) is 17.1 Å². The molecule has 29 heavy (non-hydrogen) atoms. The Labute approximate surface area is 174 Å². The first kappa shape index (κ1) is 19.5. The highest BCUT2D eigenvalue weighted by Crippen LogP contribution is 2.36. The third kappa shape index (κ3) is 4.27. The first-order valence-corrected chi connectivity index (χ1v) is 10.1. The Kier molecular flexibility index (Phi) is 5.28. The zero-order valence-corrected chi connectivity index (χ0v) is 16.9. The van der Waals surface area contributed by atoms with Gasteiger partial charge in [-0.25, -0.2) is 0 Å². The maximum absolute atomic E-state index is 12.6. The second kappa shape index (κ2) is 7.87. The van der Waals surface area contributed by atoms with E-state index in [0.29, 0.717) is 22.9 Å². The van der Waals surface area contributed by atoms with Crippen molar-refractivity contribution < 1.29 is 14.4 Å². The van der Waals surface area contributed by atoms with Gasteiger partial charge in [0.2, 0.25) is 5.91 Å². The Balaban J connectivity index is 1.46. The topological polar surface area (TPSA) is 78.5 Å². The molecule has 0 radical (unpaired) electrons. The van der Waals surface area contributed by atoms with E-state index in [4.69, 9.17) is 11.6 Å². The minimum Gasteiger partial charge on any atom is -0.318 e. The van der Waals surface area contributed by atoms with Gasteiger partial charge in [-0.3, -0.25) is 14.4 Å². The molecular weight excluding hydrogens is 390 g/mol. The minimum atomic E-state index is -0.784. The predicted octanol–water partition coefficient (Wildman–Crippen LogP) is 3.91. The number of anilines is 3. The number of benzene rings is 2. The van der Waals surface area contributed by atoms with Gasteiger partial charge in [0.15, 0.2) is 0 Å². The van der Waals surface area contributed by atoms with Crippen LogP contribution in [0.5, 0.6) is 0 Å². The molecule has 1 fully saturated rings. The van der Waals surface area contributed by atoms with Gasteiger partial charge in [-0.05, 0) is 68.0 Å². The van der Waals surface area contributed by atoms with E-state index in [-0.39, 0.29) is 11.8 Å². The van der Waals surface area contributed by atoms with Crippen LogP contribution in [0.1, 0.15) is 30.4 Å². The van der Waals surface area contributed by atoms with Crippen molar-refractivity contribution in [1.82, 2.24) is 0 Å². The monoisotopic (exact) mass is 411 g/mol. The van der Waals surface area contributed by atoms with Crippen LogP contribution in [0.3, 0.4) is 0 Å². The largest absolute Gasteiger partial charge is 0.318 e. The summed E-state index contributed by atoms with van der Waals surface area (Å²) in [5.41, 5.74) is 3.74. The average Bonchev–Trinajstić information content (AvgIpc) is 3.55. The number of aryl methyl sites for hydroxylation is 2. The first-order valence-electron chi connectivity index (χ1n) is 9.75. The maximum atomic E-state index is 12.6. The number of hydrogen-bond donors (Lipinski definition) is 2. The maximum Gasteiger partial charge on any atom is 0.314 e. The Morgan fingerprint density at radius 3 is 2.31 bits per heavy atom. The summed E-state index contributed by atoms with van der Waals surface area (Å²) >= 11 is 6.06. The van der Waals surface area contributed by atoms with Crippen LogP contribution < -0.4 is 15.5 Å². The van der Waals surface area contributed by atoms with E-state index >= 15 is 0 Å². The van der Waals surface area contributed by atoms with Crippen molar-refractivity contribution in [2.24, 2.45) is 5.92 Å². The van der Waals surface area contributed by atoms with E-state index in [1.54, 1.807) is 30.3 Å². The zero-order valence-electron chi connectivity index (χ0n) is 16.1. The Morgan fingerprint density at radius 2 is 1.66 bits per heavy atom. The molecule has 2 N–H and O–H groups in total. The molecular formula is C22H22ClN3O3. The number of carbonyl (C=O) groups is 3. The van der Waals surface area contributed by atoms with Gasteiger partial charge in [-0.2, -0.15) is 0 Å². The lowest BCUT2D eigenvalue weighted by Crippen LogP contribution is -2.36. The molecule has 0 atom stereocenters. The van der Waals surface area contributed by atoms with Crippen LogP contribution in [-0.2, 0) is 20.8 Å². The highest BCUT2D eigenvalue weighted by atomic mass is 35.5. The third-order valence-corrected chi connectivity index (χ3v) is 5.70. The molecule has 6 nitrogen and oxygen atoms in total. The fraction of sp³-hybridized carbons (Fsp3) is 0.318. The number of carbonyl (C=O) groups excluding carboxylic acids is 3. The van der Waals surface area contributed by atoms with Crippen molar-refractivity contribution in [1.29, 1.82) is 0 Å². The number of nitrogens with zero attached hydrogens (tertiary/aromatic N) is 1. The van der Waals surface area contributed by atoms with Gasteiger partial charge in [0, 0.05) is 34.5 Å². The van der Waals surface area contributed by atoms with E-state index < -0.39 is 11.8 Å². The van der Waals surface area contributed by atoms with Crippen LogP contribution >= 0.6 is 11.6 Å². The fourth-order valence-electron chi connectivity index (χ4n) is 3.48. The molecule has 4 rings (SSSR count). The molecule has 0 unspecified atom stereocenters. The van der Waals surface area contributed by atoms with E-state index in [9.17, 15) is 14.4 Å². The second-order valence-electron chi connectivity index (χ2n) is 7.58. The summed E-state index contributed by atoms with van der Waals surface area (Å²) < 4.78 is 0. The lowest BCUT2D eigenvalue weighted by Gasteiger charge is -2.30. The van der Waals surface area contributed by atoms with Gasteiger partial charge in [0.1, 0.15) is 0 Å². The third-order valence-electron chi connectivity index (χ3n) is 5.29. The molecule has 2 aromatic rings. The SMILES string of the molecule is Cc1ccc(NC(=O)C(=O)Nc2ccc3c(c2)N(C(=O)C2CC2)CCC3)cc1Cl. The number of nitrogens with one attached hydrogen (secondary N) is 2. The molecule has 1 aliphatic carbocycles. The molecule has 1 saturated carbocycles. The standard InChI is InChI=1S/C22H22ClN3O3/c1-13-4-8-16(11-18(13)23)24-20(27)21(28)25-17-9-7-14-3-2-10-26(19(14)12-17)22(29)15-5-6-15/h4,7-9,11-12,15H,2-3,5-6,10H2,1H3,(H,24,27)(H,25,28). The molecule has 1 heterocycles. The molecule has 150 valence electrons. The highest BCUT2D eigenvalue weighted by Gasteiger charge is 2.35. The first-order chi connectivity index (χ1) is 13.9. The minimum absolute atomic E-state index is 0.131. The van der Waals surface area contributed by atoms with Gasteiger partial charge >= 0.3 is 11.8 Å². The van der Waals surface area contributed by atoms with Gasteiger partial charge in [0.05, 0.1) is 0 Å². The molecule has 0 aromatic heterocycles. The second-order valence-corrected chi connectivity index (χ2v) is 7.99. The van der Waals surface area contributed by atoms with Gasteiger partial charge in [-0.1, -0.05) is 23.7 Å². The van der Waals surface area contributed by atoms with Crippen LogP contribution in [0.25, 0.3) is 0 Å². The van der Waals surface area contributed by atoms with Gasteiger partial charge in [0.25, 0.3) is 0 Å². The normalized spacial score (nSPS) is 15.4. The Hall–Kier alpha value is -2.86. The zero-order chi connectivity index (χ0) is 20.5. The molecule has 7 heteroatoms. The van der Waals surface area contributed by atoms with Crippen molar-refractivity contribution in [3.63, 3.8) is 0 Å². The van der Waals surface area contributed by atoms with Crippen molar-refractivity contribution in [2.75, 3.05) is 22.1 Å². The molecule has 1 aliphatic heterocycles. The van der Waals surface area contributed by atoms with E-state index in [1.165, 1.54) is 0 Å². The average molecular weight is 412 g/mol. The lowest BCUT2D eigenvalue weighted by molar-refractivity contribution is -0.132. The van der Waals surface area contributed by atoms with Crippen LogP contribution in [0.15, 0.2) is 36.4 Å². The van der Waals surface area contributed by atoms with E-state index in [1.807, 2.05) is 17.9 Å². The van der Waals surface area contributed by atoms with Gasteiger partial charge in [-0.15, -0.1) is 0 Å². The fourth-order valence-corrected chi connectivity index (χ4v) is 3.66. The smallest absolute Gasteiger partial charge is 0.314 e. The quantitative estimate of drug-likeness (QED) is 0.751. The van der Waals surface area contributed by atoms with Crippen LogP contribution in [0, 0.1) is 12.8 Å². The van der Waals surface area contributed by atoms with Crippen molar-refractivity contribution in [3.8, 4) is 0 Å². The van der Waals surface area contributed by atoms with Gasteiger partial charge < -0.3 is 15.5 Å². The van der Waals surface area contributed by atoms with Crippen molar-refractivity contribution in [3.05, 3.63) is 52.5 Å². The molecule has 2 aliphatic rings. The Bertz CT molecular complexity index is 1000. The molecule has 0 saturated heterocycles. The number of rotatable bonds is 3. The number of hydrogen-bond acceptors (Lipinski definition) is 3. The summed E-state index contributed by atoms with van der Waals surface area (Å²) in [4.78, 5) is 39.0. The highest BCUT2D eigenvalue weighted by molar-refractivity contribution is 6.43. The lowest BCUT2D eigenvalue weighted by atomic mass is 10.0. The number of amides is 3. The summed E-state index contributed by atoms with van der Waals surface area (Å²) in [7, 11) is 0. The predicted molar refractivity (Wildman–Crippen MR) is 113 cm³/mol. The summed E-state index contributed by atoms with van der Waals surface area (Å²) in [6.45, 7) is 2.54. The summed E-state index contributed by atoms with van der Waals surface area (Å²) in [6.07, 6.45) is 3.72. The van der Waals surface area contributed by atoms with Crippen LogP contribution in [0.2, 0.25) is 5.02 Å². The van der Waals surface area contributed by atoms with Crippen LogP contribution in [-0.4, -0.2) is 24.3 Å². The molecule has 2 aromatic carbocycles. The summed E-state index contributed by atoms with van der Waals surface area (Å²) in [6, 6.07) is 10.5. The molecule has 0 bridgehead atoms. The Morgan fingerprint density at radius 1 is 1.00 bits per heavy atom. The summed E-state index contributed by atoms with van der Waals surface area (Å²) in [5.74, 6) is -1.28.